The van der Waals surface area contributed by atoms with Crippen LogP contribution in [0.25, 0.3) is 0 Å². The van der Waals surface area contributed by atoms with E-state index in [-0.39, 0.29) is 11.2 Å². The third-order valence-corrected chi connectivity index (χ3v) is 5.51. The number of hydrogen-bond acceptors (Lipinski definition) is 3. The third-order valence-electron chi connectivity index (χ3n) is 3.73. The van der Waals surface area contributed by atoms with E-state index in [1.807, 2.05) is 0 Å². The van der Waals surface area contributed by atoms with Gasteiger partial charge in [-0.05, 0) is 29.9 Å². The van der Waals surface area contributed by atoms with Crippen molar-refractivity contribution in [2.75, 3.05) is 13.1 Å². The van der Waals surface area contributed by atoms with Crippen molar-refractivity contribution in [2.24, 2.45) is 5.41 Å². The molecule has 0 N–H and O–H groups in total. The van der Waals surface area contributed by atoms with Gasteiger partial charge in [0.25, 0.3) is 0 Å². The largest absolute Gasteiger partial charge is 0.218 e. The summed E-state index contributed by atoms with van der Waals surface area (Å²) in [5, 5.41) is 9.05. The van der Waals surface area contributed by atoms with Gasteiger partial charge in [0.1, 0.15) is 0 Å². The Kier molecular flexibility index (Phi) is 4.17. The van der Waals surface area contributed by atoms with Gasteiger partial charge in [-0.2, -0.15) is 5.26 Å². The smallest absolute Gasteiger partial charge is 0.212 e. The van der Waals surface area contributed by atoms with E-state index in [1.54, 1.807) is 28.6 Å². The molecule has 0 saturated carbocycles. The summed E-state index contributed by atoms with van der Waals surface area (Å²) in [4.78, 5) is 0. The minimum atomic E-state index is -3.36. The number of sulfonamides is 1. The lowest BCUT2D eigenvalue weighted by Crippen LogP contribution is -2.44. The van der Waals surface area contributed by atoms with Crippen LogP contribution in [0.2, 0.25) is 0 Å². The molecule has 5 heteroatoms. The van der Waals surface area contributed by atoms with E-state index in [9.17, 15) is 8.42 Å². The summed E-state index contributed by atoms with van der Waals surface area (Å²) < 4.78 is 26.6. The molecule has 1 aromatic rings. The topological polar surface area (TPSA) is 61.2 Å². The quantitative estimate of drug-likeness (QED) is 0.860. The van der Waals surface area contributed by atoms with Crippen LogP contribution in [0.1, 0.15) is 37.8 Å². The van der Waals surface area contributed by atoms with E-state index in [2.05, 4.69) is 19.9 Å². The van der Waals surface area contributed by atoms with Crippen molar-refractivity contribution in [3.8, 4) is 6.07 Å². The van der Waals surface area contributed by atoms with Gasteiger partial charge in [-0.3, -0.25) is 0 Å². The molecule has 1 aliphatic heterocycles. The van der Waals surface area contributed by atoms with Crippen LogP contribution in [0.4, 0.5) is 0 Å². The van der Waals surface area contributed by atoms with Crippen LogP contribution < -0.4 is 0 Å². The zero-order valence-electron chi connectivity index (χ0n) is 12.0. The molecule has 20 heavy (non-hydrogen) atoms. The Morgan fingerprint density at radius 2 is 2.05 bits per heavy atom. The minimum absolute atomic E-state index is 0.0278. The molecule has 1 fully saturated rings. The normalized spacial score (nSPS) is 19.4. The molecular formula is C15H20N2O2S. The van der Waals surface area contributed by atoms with Crippen molar-refractivity contribution in [3.63, 3.8) is 0 Å². The van der Waals surface area contributed by atoms with Crippen LogP contribution in [0.5, 0.6) is 0 Å². The summed E-state index contributed by atoms with van der Waals surface area (Å²) in [6.45, 7) is 5.33. The van der Waals surface area contributed by atoms with Gasteiger partial charge in [0.05, 0.1) is 17.4 Å². The average molecular weight is 292 g/mol. The van der Waals surface area contributed by atoms with Crippen LogP contribution in [0.3, 0.4) is 0 Å². The van der Waals surface area contributed by atoms with E-state index in [0.29, 0.717) is 24.2 Å². The maximum atomic E-state index is 12.5. The lowest BCUT2D eigenvalue weighted by Gasteiger charge is -2.37. The molecule has 1 heterocycles. The summed E-state index contributed by atoms with van der Waals surface area (Å²) >= 11 is 0. The van der Waals surface area contributed by atoms with Gasteiger partial charge in [0, 0.05) is 13.1 Å². The van der Waals surface area contributed by atoms with Gasteiger partial charge < -0.3 is 0 Å². The number of benzene rings is 1. The Balaban J connectivity index is 2.21. The third kappa shape index (κ3) is 3.38. The van der Waals surface area contributed by atoms with Gasteiger partial charge in [0.15, 0.2) is 0 Å². The van der Waals surface area contributed by atoms with Crippen molar-refractivity contribution >= 4 is 10.0 Å². The molecule has 108 valence electrons. The summed E-state index contributed by atoms with van der Waals surface area (Å²) in [6, 6.07) is 8.94. The van der Waals surface area contributed by atoms with E-state index >= 15 is 0 Å². The molecule has 0 radical (unpaired) electrons. The second-order valence-electron chi connectivity index (χ2n) is 6.13. The summed E-state index contributed by atoms with van der Waals surface area (Å²) in [6.07, 6.45) is 1.94. The molecule has 0 aromatic heterocycles. The van der Waals surface area contributed by atoms with Gasteiger partial charge in [0.2, 0.25) is 10.0 Å². The average Bonchev–Trinajstić information content (AvgIpc) is 2.38. The molecule has 1 saturated heterocycles. The van der Waals surface area contributed by atoms with Crippen LogP contribution >= 0.6 is 0 Å². The van der Waals surface area contributed by atoms with Crippen molar-refractivity contribution in [1.82, 2.24) is 4.31 Å². The van der Waals surface area contributed by atoms with E-state index in [1.165, 1.54) is 0 Å². The molecule has 1 aliphatic rings. The maximum Gasteiger partial charge on any atom is 0.218 e. The van der Waals surface area contributed by atoms with Crippen LogP contribution in [-0.2, 0) is 15.8 Å². The van der Waals surface area contributed by atoms with Crippen LogP contribution in [-0.4, -0.2) is 25.8 Å². The molecule has 2 rings (SSSR count). The molecule has 0 amide bonds. The Morgan fingerprint density at radius 1 is 1.35 bits per heavy atom. The lowest BCUT2D eigenvalue weighted by molar-refractivity contribution is 0.187. The molecule has 0 bridgehead atoms. The standard InChI is InChI=1S/C15H20N2O2S/c1-15(2)8-5-9-17(12-15)20(18,19)11-14-7-4-3-6-13(14)10-16/h3-4,6-7H,5,8-9,11-12H2,1-2H3. The van der Waals surface area contributed by atoms with Crippen molar-refractivity contribution in [2.45, 2.75) is 32.4 Å². The van der Waals surface area contributed by atoms with Gasteiger partial charge in [-0.15, -0.1) is 0 Å². The fourth-order valence-corrected chi connectivity index (χ4v) is 4.43. The van der Waals surface area contributed by atoms with E-state index in [0.717, 1.165) is 12.8 Å². The highest BCUT2D eigenvalue weighted by Gasteiger charge is 2.33. The lowest BCUT2D eigenvalue weighted by atomic mass is 9.85. The first-order chi connectivity index (χ1) is 9.34. The minimum Gasteiger partial charge on any atom is -0.212 e. The number of rotatable bonds is 3. The predicted molar refractivity (Wildman–Crippen MR) is 78.4 cm³/mol. The Hall–Kier alpha value is -1.38. The first kappa shape index (κ1) is 15.0. The maximum absolute atomic E-state index is 12.5. The van der Waals surface area contributed by atoms with Crippen molar-refractivity contribution in [1.29, 1.82) is 5.26 Å². The Labute approximate surface area is 121 Å². The highest BCUT2D eigenvalue weighted by molar-refractivity contribution is 7.88. The highest BCUT2D eigenvalue weighted by Crippen LogP contribution is 2.30. The molecule has 0 aliphatic carbocycles. The Morgan fingerprint density at radius 3 is 2.70 bits per heavy atom. The molecule has 4 nitrogen and oxygen atoms in total. The van der Waals surface area contributed by atoms with Gasteiger partial charge in [-0.25, -0.2) is 12.7 Å². The number of nitriles is 1. The van der Waals surface area contributed by atoms with E-state index in [4.69, 9.17) is 5.26 Å². The van der Waals surface area contributed by atoms with Gasteiger partial charge >= 0.3 is 0 Å². The molecule has 0 atom stereocenters. The summed E-state index contributed by atoms with van der Waals surface area (Å²) in [7, 11) is -3.36. The zero-order valence-corrected chi connectivity index (χ0v) is 12.8. The SMILES string of the molecule is CC1(C)CCCN(S(=O)(=O)Cc2ccccc2C#N)C1. The molecular weight excluding hydrogens is 272 g/mol. The number of nitrogens with zero attached hydrogens (tertiary/aromatic N) is 2. The second-order valence-corrected chi connectivity index (χ2v) is 8.10. The Bertz CT molecular complexity index is 630. The molecule has 1 aromatic carbocycles. The predicted octanol–water partition coefficient (Wildman–Crippen LogP) is 2.51. The molecule has 0 unspecified atom stereocenters. The van der Waals surface area contributed by atoms with E-state index < -0.39 is 10.0 Å². The van der Waals surface area contributed by atoms with Crippen LogP contribution in [0, 0.1) is 16.7 Å². The fraction of sp³-hybridized carbons (Fsp3) is 0.533. The second kappa shape index (κ2) is 5.55. The molecule has 0 spiro atoms. The number of piperidine rings is 1. The first-order valence-electron chi connectivity index (χ1n) is 6.80. The summed E-state index contributed by atoms with van der Waals surface area (Å²) in [5.41, 5.74) is 1.05. The fourth-order valence-electron chi connectivity index (χ4n) is 2.65. The summed E-state index contributed by atoms with van der Waals surface area (Å²) in [5.74, 6) is -0.0905. The van der Waals surface area contributed by atoms with Crippen LogP contribution in [0.15, 0.2) is 24.3 Å². The zero-order chi connectivity index (χ0) is 14.8. The monoisotopic (exact) mass is 292 g/mol. The number of hydrogen-bond donors (Lipinski definition) is 0. The van der Waals surface area contributed by atoms with Gasteiger partial charge in [-0.1, -0.05) is 32.0 Å². The van der Waals surface area contributed by atoms with Crippen molar-refractivity contribution in [3.05, 3.63) is 35.4 Å². The van der Waals surface area contributed by atoms with Crippen molar-refractivity contribution < 1.29 is 8.42 Å². The first-order valence-corrected chi connectivity index (χ1v) is 8.41. The highest BCUT2D eigenvalue weighted by atomic mass is 32.2.